The Hall–Kier alpha value is -0.830. The predicted octanol–water partition coefficient (Wildman–Crippen LogP) is 1.22. The molecular formula is C8H15N3. The zero-order valence-electron chi connectivity index (χ0n) is 7.12. The van der Waals surface area contributed by atoms with Crippen LogP contribution in [0.2, 0.25) is 0 Å². The van der Waals surface area contributed by atoms with Crippen LogP contribution in [0.25, 0.3) is 0 Å². The van der Waals surface area contributed by atoms with Crippen molar-refractivity contribution < 1.29 is 0 Å². The van der Waals surface area contributed by atoms with E-state index in [1.54, 1.807) is 6.20 Å². The number of hydrogen-bond acceptors (Lipinski definition) is 2. The molecule has 11 heavy (non-hydrogen) atoms. The second-order valence-electron chi connectivity index (χ2n) is 2.79. The Morgan fingerprint density at radius 1 is 1.73 bits per heavy atom. The van der Waals surface area contributed by atoms with E-state index in [0.29, 0.717) is 0 Å². The summed E-state index contributed by atoms with van der Waals surface area (Å²) >= 11 is 0. The molecule has 0 aromatic carbocycles. The van der Waals surface area contributed by atoms with Crippen LogP contribution in [0.1, 0.15) is 31.6 Å². The van der Waals surface area contributed by atoms with Crippen LogP contribution >= 0.6 is 0 Å². The van der Waals surface area contributed by atoms with Crippen LogP contribution in [0.3, 0.4) is 0 Å². The number of aromatic nitrogens is 2. The van der Waals surface area contributed by atoms with E-state index in [0.717, 1.165) is 18.7 Å². The summed E-state index contributed by atoms with van der Waals surface area (Å²) in [6.07, 6.45) is 5.81. The summed E-state index contributed by atoms with van der Waals surface area (Å²) in [5.74, 6) is 0.979. The van der Waals surface area contributed by atoms with Gasteiger partial charge in [-0.1, -0.05) is 13.3 Å². The van der Waals surface area contributed by atoms with E-state index in [-0.39, 0.29) is 6.04 Å². The third-order valence-electron chi connectivity index (χ3n) is 1.79. The zero-order valence-corrected chi connectivity index (χ0v) is 7.12. The molecule has 0 aliphatic rings. The summed E-state index contributed by atoms with van der Waals surface area (Å²) in [4.78, 5) is 4.17. The van der Waals surface area contributed by atoms with E-state index in [4.69, 9.17) is 5.73 Å². The van der Waals surface area contributed by atoms with Crippen LogP contribution in [-0.2, 0) is 7.05 Å². The van der Waals surface area contributed by atoms with Crippen molar-refractivity contribution in [2.75, 3.05) is 0 Å². The van der Waals surface area contributed by atoms with Crippen molar-refractivity contribution in [3.63, 3.8) is 0 Å². The number of nitrogens with zero attached hydrogens (tertiary/aromatic N) is 2. The Labute approximate surface area is 67.2 Å². The van der Waals surface area contributed by atoms with Crippen molar-refractivity contribution in [2.24, 2.45) is 12.8 Å². The Morgan fingerprint density at radius 3 is 2.91 bits per heavy atom. The molecule has 1 unspecified atom stereocenters. The minimum atomic E-state index is 0.0972. The molecule has 0 bridgehead atoms. The van der Waals surface area contributed by atoms with Crippen molar-refractivity contribution in [3.8, 4) is 0 Å². The third kappa shape index (κ3) is 1.80. The van der Waals surface area contributed by atoms with Gasteiger partial charge < -0.3 is 10.3 Å². The number of imidazole rings is 1. The second kappa shape index (κ2) is 3.53. The first-order valence-corrected chi connectivity index (χ1v) is 3.98. The highest BCUT2D eigenvalue weighted by Gasteiger charge is 2.08. The maximum atomic E-state index is 5.87. The second-order valence-corrected chi connectivity index (χ2v) is 2.79. The summed E-state index contributed by atoms with van der Waals surface area (Å²) in [5, 5.41) is 0. The van der Waals surface area contributed by atoms with Gasteiger partial charge in [-0.3, -0.25) is 0 Å². The number of nitrogens with two attached hydrogens (primary N) is 1. The normalized spacial score (nSPS) is 13.4. The molecule has 1 atom stereocenters. The van der Waals surface area contributed by atoms with Gasteiger partial charge in [0.15, 0.2) is 0 Å². The van der Waals surface area contributed by atoms with Gasteiger partial charge in [0.1, 0.15) is 5.82 Å². The molecule has 2 N–H and O–H groups in total. The molecule has 1 heterocycles. The van der Waals surface area contributed by atoms with E-state index in [9.17, 15) is 0 Å². The van der Waals surface area contributed by atoms with Gasteiger partial charge >= 0.3 is 0 Å². The topological polar surface area (TPSA) is 43.8 Å². The average molecular weight is 153 g/mol. The zero-order chi connectivity index (χ0) is 8.27. The fraction of sp³-hybridized carbons (Fsp3) is 0.625. The first-order chi connectivity index (χ1) is 5.25. The molecule has 0 fully saturated rings. The predicted molar refractivity (Wildman–Crippen MR) is 45.0 cm³/mol. The lowest BCUT2D eigenvalue weighted by molar-refractivity contribution is 0.579. The van der Waals surface area contributed by atoms with Gasteiger partial charge in [0.25, 0.3) is 0 Å². The maximum absolute atomic E-state index is 5.87. The molecule has 0 amide bonds. The lowest BCUT2D eigenvalue weighted by Gasteiger charge is -2.09. The van der Waals surface area contributed by atoms with Gasteiger partial charge in [-0.05, 0) is 6.42 Å². The minimum absolute atomic E-state index is 0.0972. The highest BCUT2D eigenvalue weighted by Crippen LogP contribution is 2.11. The fourth-order valence-electron chi connectivity index (χ4n) is 1.17. The quantitative estimate of drug-likeness (QED) is 0.709. The van der Waals surface area contributed by atoms with Crippen molar-refractivity contribution >= 4 is 0 Å². The SMILES string of the molecule is CCCC(N)c1nccn1C. The van der Waals surface area contributed by atoms with Crippen molar-refractivity contribution in [1.82, 2.24) is 9.55 Å². The average Bonchev–Trinajstić information content (AvgIpc) is 2.36. The highest BCUT2D eigenvalue weighted by atomic mass is 15.1. The van der Waals surface area contributed by atoms with Crippen LogP contribution in [0.5, 0.6) is 0 Å². The van der Waals surface area contributed by atoms with Crippen LogP contribution in [0, 0.1) is 0 Å². The van der Waals surface area contributed by atoms with Gasteiger partial charge in [-0.15, -0.1) is 0 Å². The van der Waals surface area contributed by atoms with Crippen molar-refractivity contribution in [1.29, 1.82) is 0 Å². The van der Waals surface area contributed by atoms with Gasteiger partial charge in [0, 0.05) is 19.4 Å². The van der Waals surface area contributed by atoms with Crippen LogP contribution in [-0.4, -0.2) is 9.55 Å². The molecule has 3 heteroatoms. The molecule has 0 aliphatic carbocycles. The van der Waals surface area contributed by atoms with E-state index in [1.807, 2.05) is 17.8 Å². The molecule has 1 rings (SSSR count). The van der Waals surface area contributed by atoms with Gasteiger partial charge in [-0.25, -0.2) is 4.98 Å². The van der Waals surface area contributed by atoms with E-state index in [2.05, 4.69) is 11.9 Å². The Morgan fingerprint density at radius 2 is 2.45 bits per heavy atom. The molecule has 0 saturated heterocycles. The summed E-state index contributed by atoms with van der Waals surface area (Å²) in [5.41, 5.74) is 5.87. The maximum Gasteiger partial charge on any atom is 0.125 e. The van der Waals surface area contributed by atoms with Gasteiger partial charge in [-0.2, -0.15) is 0 Å². The fourth-order valence-corrected chi connectivity index (χ4v) is 1.17. The Bertz CT molecular complexity index is 217. The minimum Gasteiger partial charge on any atom is -0.337 e. The molecule has 0 saturated carbocycles. The Balaban J connectivity index is 2.67. The summed E-state index contributed by atoms with van der Waals surface area (Å²) in [7, 11) is 1.97. The van der Waals surface area contributed by atoms with E-state index < -0.39 is 0 Å². The molecular weight excluding hydrogens is 138 g/mol. The molecule has 0 aliphatic heterocycles. The first kappa shape index (κ1) is 8.27. The van der Waals surface area contributed by atoms with Crippen LogP contribution < -0.4 is 5.73 Å². The molecule has 0 spiro atoms. The van der Waals surface area contributed by atoms with Crippen molar-refractivity contribution in [2.45, 2.75) is 25.8 Å². The largest absolute Gasteiger partial charge is 0.337 e. The lowest BCUT2D eigenvalue weighted by atomic mass is 10.2. The lowest BCUT2D eigenvalue weighted by Crippen LogP contribution is -2.14. The number of hydrogen-bond donors (Lipinski definition) is 1. The molecule has 1 aromatic heterocycles. The summed E-state index contributed by atoms with van der Waals surface area (Å²) < 4.78 is 1.97. The van der Waals surface area contributed by atoms with Gasteiger partial charge in [0.05, 0.1) is 6.04 Å². The number of rotatable bonds is 3. The number of aryl methyl sites for hydroxylation is 1. The summed E-state index contributed by atoms with van der Waals surface area (Å²) in [6.45, 7) is 2.13. The van der Waals surface area contributed by atoms with Gasteiger partial charge in [0.2, 0.25) is 0 Å². The smallest absolute Gasteiger partial charge is 0.125 e. The molecule has 0 radical (unpaired) electrons. The molecule has 3 nitrogen and oxygen atoms in total. The standard InChI is InChI=1S/C8H15N3/c1-3-4-7(9)8-10-5-6-11(8)2/h5-7H,3-4,9H2,1-2H3. The van der Waals surface area contributed by atoms with Crippen LogP contribution in [0.15, 0.2) is 12.4 Å². The molecule has 62 valence electrons. The third-order valence-corrected chi connectivity index (χ3v) is 1.79. The van der Waals surface area contributed by atoms with Crippen molar-refractivity contribution in [3.05, 3.63) is 18.2 Å². The highest BCUT2D eigenvalue weighted by molar-refractivity contribution is 4.96. The van der Waals surface area contributed by atoms with Crippen LogP contribution in [0.4, 0.5) is 0 Å². The monoisotopic (exact) mass is 153 g/mol. The first-order valence-electron chi connectivity index (χ1n) is 3.98. The van der Waals surface area contributed by atoms with E-state index in [1.165, 1.54) is 0 Å². The van der Waals surface area contributed by atoms with E-state index >= 15 is 0 Å². The Kier molecular flexibility index (Phi) is 2.65. The summed E-state index contributed by atoms with van der Waals surface area (Å²) in [6, 6.07) is 0.0972. The molecule has 1 aromatic rings.